The molecule has 1 N–H and O–H groups in total. The second kappa shape index (κ2) is 8.60. The van der Waals surface area contributed by atoms with Gasteiger partial charge in [0.1, 0.15) is 5.01 Å². The molecule has 0 saturated carbocycles. The highest BCUT2D eigenvalue weighted by Crippen LogP contribution is 2.25. The van der Waals surface area contributed by atoms with Gasteiger partial charge in [-0.1, -0.05) is 15.9 Å². The van der Waals surface area contributed by atoms with Crippen molar-refractivity contribution in [2.24, 2.45) is 0 Å². The minimum atomic E-state index is 0.00739. The zero-order chi connectivity index (χ0) is 17.6. The first-order chi connectivity index (χ1) is 12.1. The lowest BCUT2D eigenvalue weighted by molar-refractivity contribution is -0.118. The smallest absolute Gasteiger partial charge is 0.230 e. The van der Waals surface area contributed by atoms with E-state index in [1.54, 1.807) is 35.5 Å². The molecule has 0 bridgehead atoms. The fourth-order valence-corrected chi connectivity index (χ4v) is 4.25. The van der Waals surface area contributed by atoms with Gasteiger partial charge in [0.25, 0.3) is 0 Å². The van der Waals surface area contributed by atoms with Crippen molar-refractivity contribution in [3.05, 3.63) is 63.1 Å². The minimum absolute atomic E-state index is 0.00739. The summed E-state index contributed by atoms with van der Waals surface area (Å²) in [6, 6.07) is 9.92. The Labute approximate surface area is 163 Å². The number of pyridine rings is 1. The van der Waals surface area contributed by atoms with E-state index in [4.69, 9.17) is 0 Å². The summed E-state index contributed by atoms with van der Waals surface area (Å²) in [6.45, 7) is 2.50. The first-order valence-electron chi connectivity index (χ1n) is 7.62. The summed E-state index contributed by atoms with van der Waals surface area (Å²) in [5, 5.41) is 5.82. The minimum Gasteiger partial charge on any atom is -0.349 e. The number of rotatable bonds is 6. The molecule has 3 aromatic rings. The van der Waals surface area contributed by atoms with E-state index >= 15 is 0 Å². The van der Waals surface area contributed by atoms with E-state index in [1.165, 1.54) is 0 Å². The molecule has 2 aromatic heterocycles. The van der Waals surface area contributed by atoms with Crippen LogP contribution in [0.3, 0.4) is 0 Å². The number of amides is 1. The van der Waals surface area contributed by atoms with Gasteiger partial charge in [0.2, 0.25) is 5.91 Å². The van der Waals surface area contributed by atoms with Gasteiger partial charge in [-0.25, -0.2) is 4.98 Å². The third-order valence-corrected chi connectivity index (χ3v) is 5.98. The van der Waals surface area contributed by atoms with Gasteiger partial charge in [-0.3, -0.25) is 9.78 Å². The van der Waals surface area contributed by atoms with Crippen LogP contribution in [0, 0.1) is 6.92 Å². The van der Waals surface area contributed by atoms with Crippen LogP contribution < -0.4 is 5.32 Å². The Bertz CT molecular complexity index is 868. The number of halogens is 1. The van der Waals surface area contributed by atoms with Crippen LogP contribution >= 0.6 is 39.0 Å². The van der Waals surface area contributed by atoms with Gasteiger partial charge >= 0.3 is 0 Å². The van der Waals surface area contributed by atoms with Gasteiger partial charge < -0.3 is 5.32 Å². The number of carbonyl (C=O) groups is 1. The predicted molar refractivity (Wildman–Crippen MR) is 107 cm³/mol. The number of benzene rings is 1. The third kappa shape index (κ3) is 5.14. The fourth-order valence-electron chi connectivity index (χ4n) is 2.19. The number of nitrogens with one attached hydrogen (secondary N) is 1. The van der Waals surface area contributed by atoms with Crippen LogP contribution in [0.4, 0.5) is 0 Å². The molecule has 0 atom stereocenters. The third-order valence-electron chi connectivity index (χ3n) is 3.46. The highest BCUT2D eigenvalue weighted by molar-refractivity contribution is 9.10. The van der Waals surface area contributed by atoms with Crippen molar-refractivity contribution in [3.8, 4) is 11.3 Å². The van der Waals surface area contributed by atoms with Crippen molar-refractivity contribution < 1.29 is 4.79 Å². The average Bonchev–Trinajstić information content (AvgIpc) is 3.09. The number of carbonyl (C=O) groups excluding carboxylic acids is 1. The molecular formula is C18H16BrN3OS2. The fraction of sp³-hybridized carbons (Fsp3) is 0.167. The SMILES string of the molecule is Cc1cc(Br)ccc1SCC(=O)NCc1nc(-c2ccncc2)cs1. The van der Waals surface area contributed by atoms with Crippen molar-refractivity contribution in [1.82, 2.24) is 15.3 Å². The maximum atomic E-state index is 12.1. The number of hydrogen-bond acceptors (Lipinski definition) is 5. The second-order valence-electron chi connectivity index (χ2n) is 5.34. The van der Waals surface area contributed by atoms with E-state index in [9.17, 15) is 4.79 Å². The molecule has 1 amide bonds. The molecule has 25 heavy (non-hydrogen) atoms. The molecule has 1 aromatic carbocycles. The standard InChI is InChI=1S/C18H16BrN3OS2/c1-12-8-14(19)2-3-16(12)24-11-17(23)21-9-18-22-15(10-25-18)13-4-6-20-7-5-13/h2-8,10H,9,11H2,1H3,(H,21,23). The number of thiazole rings is 1. The van der Waals surface area contributed by atoms with Crippen molar-refractivity contribution in [2.45, 2.75) is 18.4 Å². The Kier molecular flexibility index (Phi) is 6.23. The first kappa shape index (κ1) is 18.1. The van der Waals surface area contributed by atoms with Gasteiger partial charge in [0.05, 0.1) is 18.0 Å². The van der Waals surface area contributed by atoms with Gasteiger partial charge in [-0.15, -0.1) is 23.1 Å². The summed E-state index contributed by atoms with van der Waals surface area (Å²) in [5.41, 5.74) is 3.11. The van der Waals surface area contributed by atoms with Gasteiger partial charge in [0.15, 0.2) is 0 Å². The van der Waals surface area contributed by atoms with Crippen LogP contribution in [-0.4, -0.2) is 21.6 Å². The summed E-state index contributed by atoms with van der Waals surface area (Å²) in [7, 11) is 0. The van der Waals surface area contributed by atoms with Crippen molar-refractivity contribution in [1.29, 1.82) is 0 Å². The van der Waals surface area contributed by atoms with Crippen LogP contribution in [0.15, 0.2) is 57.5 Å². The summed E-state index contributed by atoms with van der Waals surface area (Å²) >= 11 is 6.54. The second-order valence-corrected chi connectivity index (χ2v) is 8.21. The number of aromatic nitrogens is 2. The average molecular weight is 434 g/mol. The zero-order valence-corrected chi connectivity index (χ0v) is 16.7. The molecule has 3 rings (SSSR count). The Morgan fingerprint density at radius 2 is 2.08 bits per heavy atom. The highest BCUT2D eigenvalue weighted by Gasteiger charge is 2.08. The Morgan fingerprint density at radius 1 is 1.28 bits per heavy atom. The summed E-state index contributed by atoms with van der Waals surface area (Å²) in [4.78, 5) is 21.8. The number of thioether (sulfide) groups is 1. The van der Waals surface area contributed by atoms with E-state index < -0.39 is 0 Å². The number of hydrogen-bond donors (Lipinski definition) is 1. The summed E-state index contributed by atoms with van der Waals surface area (Å²) < 4.78 is 1.05. The molecule has 0 radical (unpaired) electrons. The quantitative estimate of drug-likeness (QED) is 0.573. The summed E-state index contributed by atoms with van der Waals surface area (Å²) in [6.07, 6.45) is 3.49. The predicted octanol–water partition coefficient (Wildman–Crippen LogP) is 4.68. The zero-order valence-electron chi connectivity index (χ0n) is 13.5. The van der Waals surface area contributed by atoms with Gasteiger partial charge in [-0.2, -0.15) is 0 Å². The van der Waals surface area contributed by atoms with Crippen LogP contribution in [0.25, 0.3) is 11.3 Å². The molecule has 4 nitrogen and oxygen atoms in total. The Balaban J connectivity index is 1.50. The number of aryl methyl sites for hydroxylation is 1. The van der Waals surface area contributed by atoms with Crippen molar-refractivity contribution in [2.75, 3.05) is 5.75 Å². The molecule has 0 spiro atoms. The topological polar surface area (TPSA) is 54.9 Å². The molecule has 0 aliphatic carbocycles. The molecule has 128 valence electrons. The van der Waals surface area contributed by atoms with Crippen LogP contribution in [0.1, 0.15) is 10.6 Å². The highest BCUT2D eigenvalue weighted by atomic mass is 79.9. The molecular weight excluding hydrogens is 418 g/mol. The van der Waals surface area contributed by atoms with Gasteiger partial charge in [0, 0.05) is 32.7 Å². The van der Waals surface area contributed by atoms with Crippen LogP contribution in [-0.2, 0) is 11.3 Å². The molecule has 7 heteroatoms. The van der Waals surface area contributed by atoms with Crippen LogP contribution in [0.5, 0.6) is 0 Å². The van der Waals surface area contributed by atoms with E-state index in [0.717, 1.165) is 31.2 Å². The van der Waals surface area contributed by atoms with Crippen LogP contribution in [0.2, 0.25) is 0 Å². The molecule has 0 aliphatic heterocycles. The first-order valence-corrected chi connectivity index (χ1v) is 10.3. The van der Waals surface area contributed by atoms with Crippen molar-refractivity contribution >= 4 is 44.9 Å². The van der Waals surface area contributed by atoms with E-state index in [0.29, 0.717) is 12.3 Å². The Hall–Kier alpha value is -1.70. The van der Waals surface area contributed by atoms with Gasteiger partial charge in [-0.05, 0) is 42.8 Å². The van der Waals surface area contributed by atoms with E-state index in [1.807, 2.05) is 36.6 Å². The molecule has 0 aliphatic rings. The maximum absolute atomic E-state index is 12.1. The lowest BCUT2D eigenvalue weighted by Crippen LogP contribution is -2.24. The molecule has 0 saturated heterocycles. The normalized spacial score (nSPS) is 10.6. The Morgan fingerprint density at radius 3 is 2.84 bits per heavy atom. The summed E-state index contributed by atoms with van der Waals surface area (Å²) in [5.74, 6) is 0.401. The molecule has 0 fully saturated rings. The van der Waals surface area contributed by atoms with Crippen molar-refractivity contribution in [3.63, 3.8) is 0 Å². The largest absolute Gasteiger partial charge is 0.349 e. The molecule has 2 heterocycles. The maximum Gasteiger partial charge on any atom is 0.230 e. The molecule has 0 unspecified atom stereocenters. The van der Waals surface area contributed by atoms with E-state index in [-0.39, 0.29) is 5.91 Å². The number of nitrogens with zero attached hydrogens (tertiary/aromatic N) is 2. The van der Waals surface area contributed by atoms with E-state index in [2.05, 4.69) is 37.3 Å². The lowest BCUT2D eigenvalue weighted by atomic mass is 10.2. The lowest BCUT2D eigenvalue weighted by Gasteiger charge is -2.06. The monoisotopic (exact) mass is 433 g/mol.